The summed E-state index contributed by atoms with van der Waals surface area (Å²) in [6.07, 6.45) is 0. The Hall–Kier alpha value is -1.65. The maximum Gasteiger partial charge on any atom is 0.522 e. The summed E-state index contributed by atoms with van der Waals surface area (Å²) < 4.78 is 57.5. The van der Waals surface area contributed by atoms with E-state index in [0.29, 0.717) is 5.56 Å². The molecular formula is C11H16F3NO5S. The average molecular weight is 331 g/mol. The van der Waals surface area contributed by atoms with Gasteiger partial charge in [0.15, 0.2) is 0 Å². The Morgan fingerprint density at radius 3 is 1.52 bits per heavy atom. The number of halogens is 3. The van der Waals surface area contributed by atoms with Gasteiger partial charge in [-0.05, 0) is 33.3 Å². The summed E-state index contributed by atoms with van der Waals surface area (Å²) in [6, 6.07) is 8.30. The monoisotopic (exact) mass is 331 g/mol. The van der Waals surface area contributed by atoms with Crippen LogP contribution in [-0.2, 0) is 10.1 Å². The number of alkyl halides is 3. The molecule has 0 radical (unpaired) electrons. The van der Waals surface area contributed by atoms with Crippen LogP contribution in [0.5, 0.6) is 0 Å². The third kappa shape index (κ3) is 13.1. The van der Waals surface area contributed by atoms with E-state index in [1.165, 1.54) is 0 Å². The molecule has 1 aromatic rings. The van der Waals surface area contributed by atoms with Crippen molar-refractivity contribution in [3.05, 3.63) is 35.9 Å². The second-order valence-corrected chi connectivity index (χ2v) is 5.35. The van der Waals surface area contributed by atoms with Crippen LogP contribution in [0.2, 0.25) is 0 Å². The molecule has 1 rings (SSSR count). The summed E-state index contributed by atoms with van der Waals surface area (Å²) in [5.74, 6) is -0.879. The van der Waals surface area contributed by atoms with Crippen molar-refractivity contribution in [2.75, 3.05) is 21.1 Å². The molecule has 0 atom stereocenters. The highest BCUT2D eigenvalue weighted by Crippen LogP contribution is 2.20. The lowest BCUT2D eigenvalue weighted by Crippen LogP contribution is -2.21. The number of hydrogen-bond donors (Lipinski definition) is 2. The molecule has 0 bridgehead atoms. The SMILES string of the molecule is CN(C)C.O=C(O)c1ccccc1.O=S(=O)(O)C(F)(F)F. The van der Waals surface area contributed by atoms with E-state index in [-0.39, 0.29) is 0 Å². The molecule has 0 aliphatic rings. The number of rotatable bonds is 1. The maximum absolute atomic E-state index is 10.7. The summed E-state index contributed by atoms with van der Waals surface area (Å²) >= 11 is 0. The molecule has 0 fully saturated rings. The topological polar surface area (TPSA) is 94.9 Å². The minimum absolute atomic E-state index is 0.331. The van der Waals surface area contributed by atoms with Crippen LogP contribution in [0.15, 0.2) is 30.3 Å². The molecule has 0 spiro atoms. The van der Waals surface area contributed by atoms with Gasteiger partial charge >= 0.3 is 21.6 Å². The summed E-state index contributed by atoms with van der Waals surface area (Å²) in [6.45, 7) is 0. The van der Waals surface area contributed by atoms with Gasteiger partial charge in [-0.2, -0.15) is 21.6 Å². The summed E-state index contributed by atoms with van der Waals surface area (Å²) in [5.41, 5.74) is -5.20. The van der Waals surface area contributed by atoms with Gasteiger partial charge in [0.2, 0.25) is 0 Å². The number of hydrogen-bond acceptors (Lipinski definition) is 4. The number of carboxylic acid groups (broad SMARTS) is 1. The molecule has 0 unspecified atom stereocenters. The minimum atomic E-state index is -5.84. The molecule has 0 saturated heterocycles. The van der Waals surface area contributed by atoms with Gasteiger partial charge in [0.25, 0.3) is 0 Å². The van der Waals surface area contributed by atoms with Crippen molar-refractivity contribution in [1.82, 2.24) is 4.90 Å². The zero-order chi connectivity index (χ0) is 17.3. The zero-order valence-corrected chi connectivity index (χ0v) is 12.3. The van der Waals surface area contributed by atoms with Crippen molar-refractivity contribution in [1.29, 1.82) is 0 Å². The molecule has 0 amide bonds. The van der Waals surface area contributed by atoms with Gasteiger partial charge < -0.3 is 10.0 Å². The van der Waals surface area contributed by atoms with Crippen LogP contribution in [0.1, 0.15) is 10.4 Å². The number of carboxylic acids is 1. The summed E-state index contributed by atoms with van der Waals surface area (Å²) in [5, 5.41) is 8.38. The second-order valence-electron chi connectivity index (χ2n) is 3.93. The predicted octanol–water partition coefficient (Wildman–Crippen LogP) is 1.96. The Kier molecular flexibility index (Phi) is 9.60. The Balaban J connectivity index is 0. The van der Waals surface area contributed by atoms with E-state index in [2.05, 4.69) is 0 Å². The normalized spacial score (nSPS) is 10.9. The van der Waals surface area contributed by atoms with Gasteiger partial charge in [-0.25, -0.2) is 4.79 Å². The van der Waals surface area contributed by atoms with Crippen LogP contribution >= 0.6 is 0 Å². The van der Waals surface area contributed by atoms with Gasteiger partial charge in [-0.1, -0.05) is 18.2 Å². The number of benzene rings is 1. The Bertz CT molecular complexity index is 512. The van der Waals surface area contributed by atoms with Crippen LogP contribution < -0.4 is 0 Å². The van der Waals surface area contributed by atoms with E-state index < -0.39 is 21.6 Å². The largest absolute Gasteiger partial charge is 0.522 e. The Morgan fingerprint density at radius 1 is 1.10 bits per heavy atom. The van der Waals surface area contributed by atoms with E-state index in [1.807, 2.05) is 26.0 Å². The van der Waals surface area contributed by atoms with Crippen molar-refractivity contribution < 1.29 is 36.0 Å². The van der Waals surface area contributed by atoms with E-state index in [0.717, 1.165) is 0 Å². The van der Waals surface area contributed by atoms with Crippen LogP contribution in [0.25, 0.3) is 0 Å². The van der Waals surface area contributed by atoms with Gasteiger partial charge in [0.05, 0.1) is 5.56 Å². The molecule has 1 aromatic carbocycles. The molecule has 21 heavy (non-hydrogen) atoms. The van der Waals surface area contributed by atoms with Crippen molar-refractivity contribution in [2.24, 2.45) is 0 Å². The molecule has 0 saturated carbocycles. The van der Waals surface area contributed by atoms with Crippen LogP contribution in [0, 0.1) is 0 Å². The molecule has 6 nitrogen and oxygen atoms in total. The minimum Gasteiger partial charge on any atom is -0.478 e. The fourth-order valence-electron chi connectivity index (χ4n) is 0.581. The lowest BCUT2D eigenvalue weighted by molar-refractivity contribution is -0.0510. The summed E-state index contributed by atoms with van der Waals surface area (Å²) in [7, 11) is 0.160. The average Bonchev–Trinajstić information content (AvgIpc) is 2.27. The third-order valence-corrected chi connectivity index (χ3v) is 1.90. The molecule has 0 aliphatic carbocycles. The van der Waals surface area contributed by atoms with Crippen LogP contribution in [0.4, 0.5) is 13.2 Å². The first-order valence-electron chi connectivity index (χ1n) is 5.22. The Labute approximate surface area is 120 Å². The highest BCUT2D eigenvalue weighted by Gasteiger charge is 2.44. The van der Waals surface area contributed by atoms with Crippen molar-refractivity contribution in [3.8, 4) is 0 Å². The molecule has 0 aromatic heterocycles. The van der Waals surface area contributed by atoms with Crippen LogP contribution in [-0.4, -0.2) is 55.6 Å². The van der Waals surface area contributed by atoms with Crippen molar-refractivity contribution >= 4 is 16.1 Å². The highest BCUT2D eigenvalue weighted by molar-refractivity contribution is 7.86. The molecule has 0 aliphatic heterocycles. The fraction of sp³-hybridized carbons (Fsp3) is 0.364. The summed E-state index contributed by atoms with van der Waals surface area (Å²) in [4.78, 5) is 12.2. The maximum atomic E-state index is 10.7. The first kappa shape index (κ1) is 21.6. The van der Waals surface area contributed by atoms with E-state index in [9.17, 15) is 18.0 Å². The van der Waals surface area contributed by atoms with Gasteiger partial charge in [-0.15, -0.1) is 0 Å². The smallest absolute Gasteiger partial charge is 0.478 e. The molecule has 0 heterocycles. The standard InChI is InChI=1S/C7H6O2.C3H9N.CHF3O3S/c8-7(9)6-4-2-1-3-5-6;1-4(2)3;2-1(3,4)8(5,6)7/h1-5H,(H,8,9);1-3H3;(H,5,6,7). The van der Waals surface area contributed by atoms with Crippen molar-refractivity contribution in [2.45, 2.75) is 5.51 Å². The first-order chi connectivity index (χ1) is 9.29. The Morgan fingerprint density at radius 2 is 1.38 bits per heavy atom. The van der Waals surface area contributed by atoms with Crippen LogP contribution in [0.3, 0.4) is 0 Å². The van der Waals surface area contributed by atoms with E-state index in [1.54, 1.807) is 30.3 Å². The molecule has 2 N–H and O–H groups in total. The van der Waals surface area contributed by atoms with Gasteiger partial charge in [0, 0.05) is 0 Å². The molecular weight excluding hydrogens is 315 g/mol. The van der Waals surface area contributed by atoms with Gasteiger partial charge in [-0.3, -0.25) is 4.55 Å². The second kappa shape index (κ2) is 9.32. The fourth-order valence-corrected chi connectivity index (χ4v) is 0.581. The number of nitrogens with zero attached hydrogens (tertiary/aromatic N) is 1. The van der Waals surface area contributed by atoms with E-state index in [4.69, 9.17) is 18.1 Å². The number of aromatic carboxylic acids is 1. The molecule has 122 valence electrons. The lowest BCUT2D eigenvalue weighted by atomic mass is 10.2. The zero-order valence-electron chi connectivity index (χ0n) is 11.5. The van der Waals surface area contributed by atoms with Gasteiger partial charge in [0.1, 0.15) is 0 Å². The van der Waals surface area contributed by atoms with E-state index >= 15 is 0 Å². The molecule has 10 heteroatoms. The quantitative estimate of drug-likeness (QED) is 0.603. The number of carbonyl (C=O) groups is 1. The van der Waals surface area contributed by atoms with Crippen molar-refractivity contribution in [3.63, 3.8) is 0 Å². The third-order valence-electron chi connectivity index (χ3n) is 1.31. The highest BCUT2D eigenvalue weighted by atomic mass is 32.2. The lowest BCUT2D eigenvalue weighted by Gasteiger charge is -1.97. The predicted molar refractivity (Wildman–Crippen MR) is 70.6 cm³/mol. The first-order valence-corrected chi connectivity index (χ1v) is 6.66.